The molecule has 2 aromatic heterocycles. The Labute approximate surface area is 167 Å². The van der Waals surface area contributed by atoms with Crippen molar-refractivity contribution < 1.29 is 0 Å². The Balaban J connectivity index is 1.52. The number of benzene rings is 3. The molecule has 138 valence electrons. The highest BCUT2D eigenvalue weighted by atomic mass is 15.3. The third-order valence-corrected chi connectivity index (χ3v) is 4.70. The second-order valence-electron chi connectivity index (χ2n) is 6.57. The Morgan fingerprint density at radius 1 is 0.690 bits per heavy atom. The molecule has 5 rings (SSSR count). The topological polar surface area (TPSA) is 63.1 Å². The summed E-state index contributed by atoms with van der Waals surface area (Å²) < 4.78 is 0. The average molecular weight is 375 g/mol. The molecule has 0 aliphatic carbocycles. The van der Waals surface area contributed by atoms with Gasteiger partial charge in [-0.15, -0.1) is 0 Å². The fourth-order valence-corrected chi connectivity index (χ4v) is 3.33. The molecule has 0 amide bonds. The molecule has 5 aromatic rings. The lowest BCUT2D eigenvalue weighted by atomic mass is 10.1. The van der Waals surface area contributed by atoms with Crippen molar-refractivity contribution in [3.63, 3.8) is 0 Å². The Morgan fingerprint density at radius 3 is 2.28 bits per heavy atom. The van der Waals surface area contributed by atoms with Gasteiger partial charge in [-0.05, 0) is 18.2 Å². The second kappa shape index (κ2) is 7.48. The van der Waals surface area contributed by atoms with Crippen molar-refractivity contribution in [1.82, 2.24) is 15.0 Å². The number of para-hydroxylation sites is 2. The molecule has 0 spiro atoms. The summed E-state index contributed by atoms with van der Waals surface area (Å²) in [6, 6.07) is 28.0. The maximum Gasteiger partial charge on any atom is 0.244 e. The quantitative estimate of drug-likeness (QED) is 0.342. The predicted octanol–water partition coefficient (Wildman–Crippen LogP) is 5.29. The van der Waals surface area contributed by atoms with Crippen molar-refractivity contribution in [2.75, 3.05) is 5.43 Å². The van der Waals surface area contributed by atoms with Crippen LogP contribution in [0.4, 0.5) is 5.95 Å². The molecule has 0 fully saturated rings. The van der Waals surface area contributed by atoms with Gasteiger partial charge >= 0.3 is 0 Å². The lowest BCUT2D eigenvalue weighted by molar-refractivity contribution is 1.16. The molecule has 29 heavy (non-hydrogen) atoms. The van der Waals surface area contributed by atoms with Crippen LogP contribution in [-0.4, -0.2) is 21.2 Å². The van der Waals surface area contributed by atoms with E-state index in [1.807, 2.05) is 84.9 Å². The van der Waals surface area contributed by atoms with E-state index in [-0.39, 0.29) is 0 Å². The summed E-state index contributed by atoms with van der Waals surface area (Å²) in [6.45, 7) is 0. The van der Waals surface area contributed by atoms with E-state index in [2.05, 4.69) is 20.5 Å². The van der Waals surface area contributed by atoms with Crippen LogP contribution in [0.1, 0.15) is 5.56 Å². The zero-order valence-corrected chi connectivity index (χ0v) is 15.5. The first kappa shape index (κ1) is 17.0. The number of nitrogens with zero attached hydrogens (tertiary/aromatic N) is 4. The predicted molar refractivity (Wildman–Crippen MR) is 118 cm³/mol. The van der Waals surface area contributed by atoms with Gasteiger partial charge in [-0.1, -0.05) is 66.7 Å². The van der Waals surface area contributed by atoms with Crippen LogP contribution in [-0.2, 0) is 0 Å². The number of fused-ring (bicyclic) bond motifs is 2. The number of hydrazone groups is 1. The maximum atomic E-state index is 4.72. The molecular weight excluding hydrogens is 358 g/mol. The van der Waals surface area contributed by atoms with Crippen LogP contribution >= 0.6 is 0 Å². The molecule has 1 N–H and O–H groups in total. The van der Waals surface area contributed by atoms with Gasteiger partial charge in [0.25, 0.3) is 0 Å². The lowest BCUT2D eigenvalue weighted by Gasteiger charge is -2.08. The van der Waals surface area contributed by atoms with Crippen molar-refractivity contribution in [3.8, 4) is 11.3 Å². The molecule has 0 aliphatic rings. The Kier molecular flexibility index (Phi) is 4.39. The van der Waals surface area contributed by atoms with Gasteiger partial charge in [-0.3, -0.25) is 4.98 Å². The van der Waals surface area contributed by atoms with Gasteiger partial charge in [0.05, 0.1) is 22.9 Å². The average Bonchev–Trinajstić information content (AvgIpc) is 2.79. The molecule has 0 saturated heterocycles. The van der Waals surface area contributed by atoms with Gasteiger partial charge in [-0.25, -0.2) is 15.4 Å². The maximum absolute atomic E-state index is 4.72. The summed E-state index contributed by atoms with van der Waals surface area (Å²) in [6.07, 6.45) is 3.55. The SMILES string of the molecule is C(=NNc1nc(-c2ccccc2)c2ccccc2n1)c1ccnc2ccccc12. The molecule has 5 heteroatoms. The molecule has 2 heterocycles. The zero-order valence-electron chi connectivity index (χ0n) is 15.5. The van der Waals surface area contributed by atoms with Crippen molar-refractivity contribution in [2.24, 2.45) is 5.10 Å². The van der Waals surface area contributed by atoms with Crippen molar-refractivity contribution in [1.29, 1.82) is 0 Å². The first-order chi connectivity index (χ1) is 14.4. The minimum atomic E-state index is 0.456. The molecule has 0 atom stereocenters. The van der Waals surface area contributed by atoms with Gasteiger partial charge < -0.3 is 0 Å². The number of anilines is 1. The first-order valence-corrected chi connectivity index (χ1v) is 9.33. The normalized spacial score (nSPS) is 11.3. The first-order valence-electron chi connectivity index (χ1n) is 9.33. The largest absolute Gasteiger partial charge is 0.256 e. The van der Waals surface area contributed by atoms with Crippen molar-refractivity contribution in [2.45, 2.75) is 0 Å². The van der Waals surface area contributed by atoms with E-state index >= 15 is 0 Å². The number of pyridine rings is 1. The lowest BCUT2D eigenvalue weighted by Crippen LogP contribution is -2.00. The summed E-state index contributed by atoms with van der Waals surface area (Å²) in [7, 11) is 0. The van der Waals surface area contributed by atoms with Crippen LogP contribution in [0.2, 0.25) is 0 Å². The fourth-order valence-electron chi connectivity index (χ4n) is 3.33. The fraction of sp³-hybridized carbons (Fsp3) is 0. The number of hydrogen-bond donors (Lipinski definition) is 1. The minimum absolute atomic E-state index is 0.456. The zero-order chi connectivity index (χ0) is 19.5. The summed E-state index contributed by atoms with van der Waals surface area (Å²) in [5.41, 5.74) is 7.69. The van der Waals surface area contributed by atoms with Crippen molar-refractivity contribution >= 4 is 34.0 Å². The van der Waals surface area contributed by atoms with Gasteiger partial charge in [0.2, 0.25) is 5.95 Å². The monoisotopic (exact) mass is 375 g/mol. The van der Waals surface area contributed by atoms with E-state index in [1.54, 1.807) is 12.4 Å². The van der Waals surface area contributed by atoms with Gasteiger partial charge in [-0.2, -0.15) is 5.10 Å². The molecular formula is C24H17N5. The summed E-state index contributed by atoms with van der Waals surface area (Å²) in [5, 5.41) is 6.43. The number of rotatable bonds is 4. The van der Waals surface area contributed by atoms with E-state index < -0.39 is 0 Å². The molecule has 0 bridgehead atoms. The van der Waals surface area contributed by atoms with Crippen molar-refractivity contribution in [3.05, 3.63) is 96.7 Å². The van der Waals surface area contributed by atoms with E-state index in [9.17, 15) is 0 Å². The highest BCUT2D eigenvalue weighted by Crippen LogP contribution is 2.27. The smallest absolute Gasteiger partial charge is 0.244 e. The van der Waals surface area contributed by atoms with Gasteiger partial charge in [0.15, 0.2) is 0 Å². The number of hydrogen-bond acceptors (Lipinski definition) is 5. The Morgan fingerprint density at radius 2 is 1.41 bits per heavy atom. The third kappa shape index (κ3) is 3.41. The summed E-state index contributed by atoms with van der Waals surface area (Å²) >= 11 is 0. The van der Waals surface area contributed by atoms with Gasteiger partial charge in [0.1, 0.15) is 0 Å². The third-order valence-electron chi connectivity index (χ3n) is 4.70. The van der Waals surface area contributed by atoms with E-state index in [0.717, 1.165) is 38.6 Å². The molecule has 0 unspecified atom stereocenters. The number of aromatic nitrogens is 3. The summed E-state index contributed by atoms with van der Waals surface area (Å²) in [5.74, 6) is 0.456. The van der Waals surface area contributed by atoms with Crippen LogP contribution in [0.3, 0.4) is 0 Å². The Bertz CT molecular complexity index is 1320. The summed E-state index contributed by atoms with van der Waals surface area (Å²) in [4.78, 5) is 13.7. The Hall–Kier alpha value is -4.12. The number of nitrogens with one attached hydrogen (secondary N) is 1. The second-order valence-corrected chi connectivity index (χ2v) is 6.57. The highest BCUT2D eigenvalue weighted by molar-refractivity contribution is 5.98. The molecule has 0 radical (unpaired) electrons. The molecule has 3 aromatic carbocycles. The van der Waals surface area contributed by atoms with E-state index in [0.29, 0.717) is 5.95 Å². The van der Waals surface area contributed by atoms with Crippen LogP contribution in [0, 0.1) is 0 Å². The van der Waals surface area contributed by atoms with Crippen LogP contribution in [0.15, 0.2) is 96.2 Å². The van der Waals surface area contributed by atoms with Crippen LogP contribution in [0.25, 0.3) is 33.1 Å². The van der Waals surface area contributed by atoms with E-state index in [4.69, 9.17) is 4.98 Å². The standard InChI is InChI=1S/C24H17N5/c1-2-8-17(9-3-1)23-20-11-5-7-13-22(20)27-24(28-23)29-26-16-18-14-15-25-21-12-6-4-10-19(18)21/h1-16H,(H,27,28,29). The van der Waals surface area contributed by atoms with Crippen LogP contribution < -0.4 is 5.43 Å². The molecule has 5 nitrogen and oxygen atoms in total. The van der Waals surface area contributed by atoms with Crippen LogP contribution in [0.5, 0.6) is 0 Å². The molecule has 0 saturated carbocycles. The van der Waals surface area contributed by atoms with Gasteiger partial charge in [0, 0.05) is 28.1 Å². The minimum Gasteiger partial charge on any atom is -0.256 e. The molecule has 0 aliphatic heterocycles. The highest BCUT2D eigenvalue weighted by Gasteiger charge is 2.09. The van der Waals surface area contributed by atoms with E-state index in [1.165, 1.54) is 0 Å².